The van der Waals surface area contributed by atoms with E-state index in [0.717, 1.165) is 0 Å². The van der Waals surface area contributed by atoms with Crippen molar-refractivity contribution < 1.29 is 228 Å². The van der Waals surface area contributed by atoms with Crippen LogP contribution < -0.4 is 23.7 Å². The Labute approximate surface area is 672 Å². The van der Waals surface area contributed by atoms with Crippen molar-refractivity contribution in [1.29, 1.82) is 0 Å². The molecule has 0 spiro atoms. The van der Waals surface area contributed by atoms with Crippen LogP contribution >= 0.6 is 0 Å². The maximum atomic E-state index is 15.2. The lowest BCUT2D eigenvalue weighted by Gasteiger charge is -2.44. The van der Waals surface area contributed by atoms with Crippen LogP contribution in [-0.2, 0) is 28.4 Å². The number of carbonyl (C=O) groups excluding carboxylic acids is 9. The Kier molecular flexibility index (Phi) is 23.5. The van der Waals surface area contributed by atoms with E-state index in [-0.39, 0.29) is 0 Å². The van der Waals surface area contributed by atoms with Gasteiger partial charge in [0.15, 0.2) is 162 Å². The predicted molar refractivity (Wildman–Crippen MR) is 383 cm³/mol. The monoisotopic (exact) mass is 1700 g/mol. The van der Waals surface area contributed by atoms with Crippen molar-refractivity contribution in [3.05, 3.63) is 177 Å². The summed E-state index contributed by atoms with van der Waals surface area (Å²) in [5.41, 5.74) is -9.57. The summed E-state index contributed by atoms with van der Waals surface area (Å²) in [7, 11) is 0. The van der Waals surface area contributed by atoms with E-state index >= 15 is 9.59 Å². The Balaban J connectivity index is 1.09. The van der Waals surface area contributed by atoms with Gasteiger partial charge in [0.25, 0.3) is 0 Å². The van der Waals surface area contributed by atoms with Gasteiger partial charge in [0.2, 0.25) is 35.0 Å². The van der Waals surface area contributed by atoms with Gasteiger partial charge in [-0.05, 0) is 121 Å². The molecule has 10 aromatic carbocycles. The zero-order valence-corrected chi connectivity index (χ0v) is 60.0. The molecular formula is C76H54O46. The smallest absolute Gasteiger partial charge is 0.343 e. The Morgan fingerprint density at radius 1 is 0.246 bits per heavy atom. The van der Waals surface area contributed by atoms with E-state index in [1.165, 1.54) is 0 Å². The first-order chi connectivity index (χ1) is 57.4. The number of aliphatic hydroxyl groups excluding tert-OH is 1. The molecule has 6 unspecified atom stereocenters. The maximum Gasteiger partial charge on any atom is 0.343 e. The van der Waals surface area contributed by atoms with Gasteiger partial charge in [-0.25, -0.2) is 43.2 Å². The molecule has 46 nitrogen and oxygen atoms in total. The van der Waals surface area contributed by atoms with Gasteiger partial charge in [-0.15, -0.1) is 0 Å². The van der Waals surface area contributed by atoms with Crippen LogP contribution in [0.25, 0.3) is 0 Å². The fourth-order valence-corrected chi connectivity index (χ4v) is 10.9. The molecule has 6 atom stereocenters. The van der Waals surface area contributed by atoms with Crippen LogP contribution in [0, 0.1) is 0 Å². The number of esters is 9. The average molecular weight is 1700 g/mol. The molecule has 0 aliphatic carbocycles. The number of ether oxygens (including phenoxy) is 11. The van der Waals surface area contributed by atoms with Gasteiger partial charge in [0, 0.05) is 5.56 Å². The molecule has 0 bridgehead atoms. The molecule has 26 N–H and O–H groups in total. The molecule has 0 amide bonds. The molecule has 11 rings (SSSR count). The second kappa shape index (κ2) is 33.6. The first-order valence-electron chi connectivity index (χ1n) is 33.3. The number of aliphatic hydroxyl groups is 1. The van der Waals surface area contributed by atoms with Gasteiger partial charge in [0.1, 0.15) is 18.8 Å². The Hall–Kier alpha value is -17.7. The van der Waals surface area contributed by atoms with E-state index in [2.05, 4.69) is 0 Å². The topological polar surface area (TPSA) is 781 Å². The van der Waals surface area contributed by atoms with E-state index < -0.39 is 325 Å². The standard InChI is InChI=1S/C76H54O46/c77-32-1-22(2-33(78)53(32)92)67(103)113-47-16-27(11-42(87)58(47)97)66(102)112-21-52-63(119-72(108)28-12-43(88)59(98)48(17-28)114-68(104)23-3-34(79)54(93)35(80)4-23)64(120-73(109)29-13-44(89)60(99)49(18-29)115-69(105)24-5-36(81)55(94)37(82)6-24)65(121-74(110)30-14-45(90)61(100)50(19-30)116-70(106)25-7-38(83)56(95)39(84)8-25)76(118-52)122-75(111)31-15-46(91)62(101)51(20-31)117-71(107)26-9-40(85)57(96)41(86)10-26/h1-20,52,63-65,73,76-101,109H,21H2. The number of hydrogen-bond acceptors (Lipinski definition) is 46. The highest BCUT2D eigenvalue weighted by atomic mass is 16.8. The Bertz CT molecular complexity index is 5910. The summed E-state index contributed by atoms with van der Waals surface area (Å²) in [6.07, 6.45) is -17.8. The lowest BCUT2D eigenvalue weighted by Crippen LogP contribution is -2.63. The van der Waals surface area contributed by atoms with E-state index in [4.69, 9.17) is 52.1 Å². The van der Waals surface area contributed by atoms with E-state index in [1.54, 1.807) is 0 Å². The number of rotatable bonds is 22. The lowest BCUT2D eigenvalue weighted by atomic mass is 9.97. The third-order valence-corrected chi connectivity index (χ3v) is 17.0. The average Bonchev–Trinajstić information content (AvgIpc) is 0.764. The highest BCUT2D eigenvalue weighted by molar-refractivity contribution is 5.99. The normalized spacial score (nSPS) is 15.0. The zero-order valence-electron chi connectivity index (χ0n) is 60.0. The largest absolute Gasteiger partial charge is 0.504 e. The fraction of sp³-hybridized carbons (Fsp3) is 0.0921. The second-order valence-corrected chi connectivity index (χ2v) is 25.3. The van der Waals surface area contributed by atoms with Crippen molar-refractivity contribution in [1.82, 2.24) is 0 Å². The summed E-state index contributed by atoms with van der Waals surface area (Å²) < 4.78 is 60.9. The molecule has 0 aromatic heterocycles. The summed E-state index contributed by atoms with van der Waals surface area (Å²) in [5.74, 6) is -53.3. The molecule has 46 heteroatoms. The molecule has 1 aliphatic heterocycles. The van der Waals surface area contributed by atoms with Gasteiger partial charge in [0.05, 0.1) is 50.1 Å². The first kappa shape index (κ1) is 85.2. The van der Waals surface area contributed by atoms with Crippen LogP contribution in [0.4, 0.5) is 0 Å². The quantitative estimate of drug-likeness (QED) is 0.0144. The molecule has 1 aliphatic rings. The minimum atomic E-state index is -3.07. The molecule has 634 valence electrons. The highest BCUT2D eigenvalue weighted by Crippen LogP contribution is 2.48. The molecule has 0 saturated carbocycles. The maximum absolute atomic E-state index is 15.2. The van der Waals surface area contributed by atoms with E-state index in [1.807, 2.05) is 0 Å². The molecule has 10 aromatic rings. The van der Waals surface area contributed by atoms with Gasteiger partial charge in [-0.3, -0.25) is 0 Å². The SMILES string of the molecule is O=C(OCC1OC(OC(=O)c2cc(O)c(O)c(OC(=O)c3cc(O)c(O)c(O)c3)c2)C(OC(=O)c2cc(O)c(O)c(OC(=O)c3cc(O)c(O)c(O)c3)c2)C(OC(O)c2cc(O)c(O)c(OC(=O)c3cc(O)c(O)c(O)c3)c2)C1OC(=O)c1cc(O)c(O)c(OC(=O)c2cc(O)c(O)c(O)c2)c1)c1cc(O)c(O)c(OC(=O)c2cc(O)c(O)c(O)c2)c1. The van der Waals surface area contributed by atoms with Crippen molar-refractivity contribution in [3.8, 4) is 172 Å². The number of carbonyl (C=O) groups is 9. The van der Waals surface area contributed by atoms with Crippen LogP contribution in [0.1, 0.15) is 105 Å². The summed E-state index contributed by atoms with van der Waals surface area (Å²) in [5, 5.41) is 274. The van der Waals surface area contributed by atoms with Crippen molar-refractivity contribution >= 4 is 53.7 Å². The van der Waals surface area contributed by atoms with Crippen LogP contribution in [0.3, 0.4) is 0 Å². The van der Waals surface area contributed by atoms with Gasteiger partial charge in [-0.2, -0.15) is 0 Å². The third kappa shape index (κ3) is 17.7. The number of phenols is 25. The van der Waals surface area contributed by atoms with Crippen LogP contribution in [-0.4, -0.2) is 224 Å². The summed E-state index contributed by atoms with van der Waals surface area (Å²) >= 11 is 0. The van der Waals surface area contributed by atoms with Crippen LogP contribution in [0.5, 0.6) is 172 Å². The number of benzene rings is 10. The van der Waals surface area contributed by atoms with E-state index in [9.17, 15) is 166 Å². The Morgan fingerprint density at radius 2 is 0.459 bits per heavy atom. The van der Waals surface area contributed by atoms with Gasteiger partial charge >= 0.3 is 53.7 Å². The fourth-order valence-electron chi connectivity index (χ4n) is 10.9. The third-order valence-electron chi connectivity index (χ3n) is 17.0. The molecule has 1 fully saturated rings. The number of aromatic hydroxyl groups is 25. The van der Waals surface area contributed by atoms with Crippen molar-refractivity contribution in [2.45, 2.75) is 37.0 Å². The molecule has 1 heterocycles. The van der Waals surface area contributed by atoms with Crippen molar-refractivity contribution in [2.75, 3.05) is 6.61 Å². The molecule has 1 saturated heterocycles. The summed E-state index contributed by atoms with van der Waals surface area (Å²) in [6, 6.07) is 8.97. The number of phenolic OH excluding ortho intramolecular Hbond substituents is 25. The number of hydrogen-bond donors (Lipinski definition) is 26. The first-order valence-corrected chi connectivity index (χ1v) is 33.3. The van der Waals surface area contributed by atoms with Crippen molar-refractivity contribution in [3.63, 3.8) is 0 Å². The minimum Gasteiger partial charge on any atom is -0.504 e. The zero-order chi connectivity index (χ0) is 89.4. The highest BCUT2D eigenvalue weighted by Gasteiger charge is 2.55. The van der Waals surface area contributed by atoms with Crippen LogP contribution in [0.2, 0.25) is 0 Å². The van der Waals surface area contributed by atoms with Gasteiger partial charge < -0.3 is 185 Å². The van der Waals surface area contributed by atoms with Crippen LogP contribution in [0.15, 0.2) is 121 Å². The molecule has 0 radical (unpaired) electrons. The summed E-state index contributed by atoms with van der Waals surface area (Å²) in [4.78, 5) is 127. The van der Waals surface area contributed by atoms with Crippen molar-refractivity contribution in [2.24, 2.45) is 0 Å². The second-order valence-electron chi connectivity index (χ2n) is 25.3. The minimum absolute atomic E-state index is 0.319. The Morgan fingerprint density at radius 3 is 0.730 bits per heavy atom. The predicted octanol–water partition coefficient (Wildman–Crippen LogP) is 4.69. The lowest BCUT2D eigenvalue weighted by molar-refractivity contribution is -0.311. The van der Waals surface area contributed by atoms with Gasteiger partial charge in [-0.1, -0.05) is 0 Å². The van der Waals surface area contributed by atoms with E-state index in [0.29, 0.717) is 121 Å². The summed E-state index contributed by atoms with van der Waals surface area (Å²) in [6.45, 7) is -1.68. The molecule has 122 heavy (non-hydrogen) atoms. The molecular weight excluding hydrogens is 1650 g/mol.